The molecule has 7 aromatic rings. The van der Waals surface area contributed by atoms with Crippen molar-refractivity contribution in [3.63, 3.8) is 0 Å². The fourth-order valence-electron chi connectivity index (χ4n) is 6.34. The fraction of sp³-hybridized carbons (Fsp3) is 0.0638. The molecule has 238 valence electrons. The van der Waals surface area contributed by atoms with Crippen LogP contribution in [0.3, 0.4) is 0 Å². The molecular weight excluding hydrogens is 593 g/mol. The highest BCUT2D eigenvalue weighted by atomic mass is 15.1. The third-order valence-electron chi connectivity index (χ3n) is 8.77. The van der Waals surface area contributed by atoms with E-state index in [1.807, 2.05) is 0 Å². The highest BCUT2D eigenvalue weighted by Gasteiger charge is 2.14. The summed E-state index contributed by atoms with van der Waals surface area (Å²) in [5.41, 5.74) is 15.3. The van der Waals surface area contributed by atoms with Crippen molar-refractivity contribution in [2.24, 2.45) is 0 Å². The van der Waals surface area contributed by atoms with E-state index in [0.717, 1.165) is 34.0 Å². The number of rotatable bonds is 9. The Bertz CT molecular complexity index is 2090. The van der Waals surface area contributed by atoms with Crippen LogP contribution in [0.15, 0.2) is 176 Å². The summed E-state index contributed by atoms with van der Waals surface area (Å²) >= 11 is 0. The number of aryl methyl sites for hydroxylation is 3. The number of nitrogens with zero attached hydrogens (tertiary/aromatic N) is 2. The van der Waals surface area contributed by atoms with Crippen molar-refractivity contribution >= 4 is 46.3 Å². The fourth-order valence-corrected chi connectivity index (χ4v) is 6.34. The minimum Gasteiger partial charge on any atom is -0.311 e. The van der Waals surface area contributed by atoms with Crippen LogP contribution in [0, 0.1) is 20.8 Å². The van der Waals surface area contributed by atoms with Gasteiger partial charge in [-0.15, -0.1) is 0 Å². The molecule has 49 heavy (non-hydrogen) atoms. The predicted molar refractivity (Wildman–Crippen MR) is 211 cm³/mol. The summed E-state index contributed by atoms with van der Waals surface area (Å²) in [4.78, 5) is 4.62. The molecule has 0 heterocycles. The zero-order chi connectivity index (χ0) is 33.6. The van der Waals surface area contributed by atoms with Crippen LogP contribution in [0.25, 0.3) is 23.3 Å². The molecule has 0 atom stereocenters. The molecule has 0 amide bonds. The molecule has 0 aliphatic heterocycles. The van der Waals surface area contributed by atoms with Crippen LogP contribution in [0.1, 0.15) is 27.8 Å². The third-order valence-corrected chi connectivity index (χ3v) is 8.77. The second-order valence-corrected chi connectivity index (χ2v) is 12.6. The summed E-state index contributed by atoms with van der Waals surface area (Å²) in [6.45, 7) is 6.45. The van der Waals surface area contributed by atoms with Gasteiger partial charge in [0.25, 0.3) is 0 Å². The van der Waals surface area contributed by atoms with E-state index in [-0.39, 0.29) is 0 Å². The second kappa shape index (κ2) is 14.3. The molecule has 0 N–H and O–H groups in total. The normalized spacial score (nSPS) is 11.1. The smallest absolute Gasteiger partial charge is 0.0466 e. The van der Waals surface area contributed by atoms with E-state index in [9.17, 15) is 0 Å². The summed E-state index contributed by atoms with van der Waals surface area (Å²) in [7, 11) is 0. The Kier molecular flexibility index (Phi) is 9.21. The maximum atomic E-state index is 2.33. The largest absolute Gasteiger partial charge is 0.311 e. The average molecular weight is 633 g/mol. The minimum absolute atomic E-state index is 1.13. The number of anilines is 6. The van der Waals surface area contributed by atoms with E-state index < -0.39 is 0 Å². The van der Waals surface area contributed by atoms with Gasteiger partial charge in [-0.25, -0.2) is 0 Å². The lowest BCUT2D eigenvalue weighted by Crippen LogP contribution is -2.10. The summed E-state index contributed by atoms with van der Waals surface area (Å²) in [5.74, 6) is 0. The Hall–Kier alpha value is -6.12. The van der Waals surface area contributed by atoms with Gasteiger partial charge in [-0.1, -0.05) is 121 Å². The van der Waals surface area contributed by atoms with Gasteiger partial charge < -0.3 is 9.80 Å². The minimum atomic E-state index is 1.13. The first-order valence-corrected chi connectivity index (χ1v) is 16.8. The number of benzene rings is 7. The first-order chi connectivity index (χ1) is 24.0. The lowest BCUT2D eigenvalue weighted by molar-refractivity contribution is 1.25. The van der Waals surface area contributed by atoms with Crippen LogP contribution >= 0.6 is 0 Å². The molecule has 0 unspecified atom stereocenters. The molecule has 7 rings (SSSR count). The van der Waals surface area contributed by atoms with E-state index in [0.29, 0.717) is 0 Å². The van der Waals surface area contributed by atoms with Crippen LogP contribution in [0.5, 0.6) is 0 Å². The first kappa shape index (κ1) is 31.5. The molecule has 0 saturated carbocycles. The first-order valence-electron chi connectivity index (χ1n) is 16.8. The standard InChI is InChI=1S/C47H40N2/c1-35-14-26-44(27-15-35)49(47-33-36(2)32-37(3)34-47)45-28-20-39(21-29-45)17-16-38-18-22-40(23-19-38)41-24-30-46(31-25-41)48(42-10-6-4-7-11-42)43-12-8-5-9-13-43/h4-34H,1-3H3/b17-16+. The van der Waals surface area contributed by atoms with E-state index >= 15 is 0 Å². The van der Waals surface area contributed by atoms with Crippen LogP contribution in [0.4, 0.5) is 34.1 Å². The van der Waals surface area contributed by atoms with Gasteiger partial charge in [-0.05, 0) is 127 Å². The van der Waals surface area contributed by atoms with E-state index in [1.165, 1.54) is 39.1 Å². The van der Waals surface area contributed by atoms with Crippen molar-refractivity contribution in [3.8, 4) is 11.1 Å². The third kappa shape index (κ3) is 7.40. The Labute approximate surface area is 290 Å². The van der Waals surface area contributed by atoms with Crippen LogP contribution < -0.4 is 9.80 Å². The molecule has 0 spiro atoms. The van der Waals surface area contributed by atoms with Gasteiger partial charge in [-0.3, -0.25) is 0 Å². The van der Waals surface area contributed by atoms with Gasteiger partial charge >= 0.3 is 0 Å². The molecule has 7 aromatic carbocycles. The summed E-state index contributed by atoms with van der Waals surface area (Å²) in [5, 5.41) is 0. The second-order valence-electron chi connectivity index (χ2n) is 12.6. The Morgan fingerprint density at radius 1 is 0.306 bits per heavy atom. The van der Waals surface area contributed by atoms with Gasteiger partial charge in [-0.2, -0.15) is 0 Å². The molecule has 2 heteroatoms. The molecule has 0 fully saturated rings. The zero-order valence-electron chi connectivity index (χ0n) is 28.3. The van der Waals surface area contributed by atoms with Crippen molar-refractivity contribution in [2.75, 3.05) is 9.80 Å². The average Bonchev–Trinajstić information content (AvgIpc) is 3.13. The van der Waals surface area contributed by atoms with Crippen LogP contribution in [-0.4, -0.2) is 0 Å². The van der Waals surface area contributed by atoms with E-state index in [1.54, 1.807) is 0 Å². The molecule has 0 aliphatic carbocycles. The SMILES string of the molecule is Cc1ccc(N(c2ccc(/C=C/c3ccc(-c4ccc(N(c5ccccc5)c5ccccc5)cc4)cc3)cc2)c2cc(C)cc(C)c2)cc1. The topological polar surface area (TPSA) is 6.48 Å². The lowest BCUT2D eigenvalue weighted by atomic mass is 10.0. The molecule has 2 nitrogen and oxygen atoms in total. The molecule has 0 saturated heterocycles. The van der Waals surface area contributed by atoms with Gasteiger partial charge in [0.2, 0.25) is 0 Å². The Balaban J connectivity index is 1.07. The summed E-state index contributed by atoms with van der Waals surface area (Å²) in [6.07, 6.45) is 4.36. The zero-order valence-corrected chi connectivity index (χ0v) is 28.3. The Morgan fingerprint density at radius 3 is 1.12 bits per heavy atom. The highest BCUT2D eigenvalue weighted by Crippen LogP contribution is 2.37. The molecule has 0 bridgehead atoms. The molecule has 0 aliphatic rings. The van der Waals surface area contributed by atoms with Gasteiger partial charge in [0.15, 0.2) is 0 Å². The van der Waals surface area contributed by atoms with Gasteiger partial charge in [0.1, 0.15) is 0 Å². The van der Waals surface area contributed by atoms with E-state index in [4.69, 9.17) is 0 Å². The quantitative estimate of drug-likeness (QED) is 0.146. The van der Waals surface area contributed by atoms with Crippen LogP contribution in [-0.2, 0) is 0 Å². The summed E-state index contributed by atoms with van der Waals surface area (Å²) in [6, 6.07) is 62.9. The predicted octanol–water partition coefficient (Wildman–Crippen LogP) is 13.4. The highest BCUT2D eigenvalue weighted by molar-refractivity contribution is 5.80. The molecular formula is C47H40N2. The van der Waals surface area contributed by atoms with Crippen molar-refractivity contribution in [1.29, 1.82) is 0 Å². The Morgan fingerprint density at radius 2 is 0.653 bits per heavy atom. The maximum absolute atomic E-state index is 2.33. The van der Waals surface area contributed by atoms with Crippen molar-refractivity contribution in [2.45, 2.75) is 20.8 Å². The lowest BCUT2D eigenvalue weighted by Gasteiger charge is -2.26. The van der Waals surface area contributed by atoms with Crippen molar-refractivity contribution in [3.05, 3.63) is 204 Å². The van der Waals surface area contributed by atoms with Crippen molar-refractivity contribution in [1.82, 2.24) is 0 Å². The summed E-state index contributed by atoms with van der Waals surface area (Å²) < 4.78 is 0. The molecule has 0 radical (unpaired) electrons. The van der Waals surface area contributed by atoms with Gasteiger partial charge in [0.05, 0.1) is 0 Å². The maximum Gasteiger partial charge on any atom is 0.0466 e. The number of hydrogen-bond acceptors (Lipinski definition) is 2. The number of para-hydroxylation sites is 2. The number of hydrogen-bond donors (Lipinski definition) is 0. The van der Waals surface area contributed by atoms with Crippen LogP contribution in [0.2, 0.25) is 0 Å². The van der Waals surface area contributed by atoms with Crippen molar-refractivity contribution < 1.29 is 0 Å². The molecule has 0 aromatic heterocycles. The monoisotopic (exact) mass is 632 g/mol. The van der Waals surface area contributed by atoms with E-state index in [2.05, 4.69) is 219 Å². The van der Waals surface area contributed by atoms with Gasteiger partial charge in [0, 0.05) is 34.1 Å².